The van der Waals surface area contributed by atoms with Gasteiger partial charge < -0.3 is 9.64 Å². The second kappa shape index (κ2) is 7.59. The van der Waals surface area contributed by atoms with Crippen LogP contribution in [0.15, 0.2) is 48.9 Å². The van der Waals surface area contributed by atoms with Crippen molar-refractivity contribution in [2.75, 3.05) is 13.2 Å². The van der Waals surface area contributed by atoms with Crippen molar-refractivity contribution in [3.8, 4) is 5.69 Å². The number of fused-ring (bicyclic) bond motifs is 1. The Morgan fingerprint density at radius 1 is 1.18 bits per heavy atom. The van der Waals surface area contributed by atoms with Gasteiger partial charge in [0, 0.05) is 30.9 Å². The minimum absolute atomic E-state index is 0.221. The molecule has 0 spiro atoms. The first-order valence-corrected chi connectivity index (χ1v) is 9.07. The molecule has 1 amide bonds. The van der Waals surface area contributed by atoms with Crippen LogP contribution in [0.4, 0.5) is 0 Å². The quantitative estimate of drug-likeness (QED) is 0.646. The molecule has 8 nitrogen and oxygen atoms in total. The van der Waals surface area contributed by atoms with E-state index in [0.717, 1.165) is 11.4 Å². The molecule has 0 atom stereocenters. The van der Waals surface area contributed by atoms with Gasteiger partial charge in [0.2, 0.25) is 0 Å². The first-order valence-electron chi connectivity index (χ1n) is 9.07. The lowest BCUT2D eigenvalue weighted by molar-refractivity contribution is 0.0513. The standard InChI is InChI=1S/C20H19N5O3/c1-2-28-20(27)18-15-13-24(19(26)16-12-21-9-10-22-16)11-8-17(15)25(23-18)14-6-4-3-5-7-14/h3-7,9-10,12H,2,8,11,13H2,1H3. The maximum atomic E-state index is 12.8. The summed E-state index contributed by atoms with van der Waals surface area (Å²) < 4.78 is 6.95. The molecule has 0 unspecified atom stereocenters. The summed E-state index contributed by atoms with van der Waals surface area (Å²) in [6.45, 7) is 2.78. The summed E-state index contributed by atoms with van der Waals surface area (Å²) in [7, 11) is 0. The Labute approximate surface area is 161 Å². The number of carbonyl (C=O) groups is 2. The topological polar surface area (TPSA) is 90.2 Å². The molecule has 0 saturated carbocycles. The van der Waals surface area contributed by atoms with Crippen LogP contribution >= 0.6 is 0 Å². The molecule has 0 bridgehead atoms. The number of rotatable bonds is 4. The van der Waals surface area contributed by atoms with Crippen molar-refractivity contribution in [3.05, 3.63) is 71.6 Å². The second-order valence-electron chi connectivity index (χ2n) is 6.31. The van der Waals surface area contributed by atoms with Gasteiger partial charge in [-0.1, -0.05) is 18.2 Å². The molecule has 2 aromatic heterocycles. The zero-order valence-corrected chi connectivity index (χ0v) is 15.4. The molecule has 0 N–H and O–H groups in total. The molecule has 0 fully saturated rings. The van der Waals surface area contributed by atoms with E-state index in [1.165, 1.54) is 18.6 Å². The van der Waals surface area contributed by atoms with Crippen LogP contribution < -0.4 is 0 Å². The molecule has 0 aliphatic carbocycles. The number of hydrogen-bond donors (Lipinski definition) is 0. The fraction of sp³-hybridized carbons (Fsp3) is 0.250. The van der Waals surface area contributed by atoms with Crippen LogP contribution in [-0.4, -0.2) is 49.7 Å². The predicted molar refractivity (Wildman–Crippen MR) is 100.0 cm³/mol. The minimum atomic E-state index is -0.484. The third-order valence-corrected chi connectivity index (χ3v) is 4.60. The van der Waals surface area contributed by atoms with Gasteiger partial charge in [0.15, 0.2) is 5.69 Å². The van der Waals surface area contributed by atoms with Crippen LogP contribution in [0.25, 0.3) is 5.69 Å². The van der Waals surface area contributed by atoms with Crippen molar-refractivity contribution in [3.63, 3.8) is 0 Å². The molecule has 8 heteroatoms. The molecule has 0 radical (unpaired) electrons. The summed E-state index contributed by atoms with van der Waals surface area (Å²) in [6, 6.07) is 9.62. The van der Waals surface area contributed by atoms with Crippen molar-refractivity contribution in [2.45, 2.75) is 19.9 Å². The first kappa shape index (κ1) is 17.8. The molecule has 3 heterocycles. The fourth-order valence-electron chi connectivity index (χ4n) is 3.31. The third-order valence-electron chi connectivity index (χ3n) is 4.60. The molecule has 28 heavy (non-hydrogen) atoms. The summed E-state index contributed by atoms with van der Waals surface area (Å²) in [5.41, 5.74) is 3.02. The Bertz CT molecular complexity index is 1000. The Balaban J connectivity index is 1.72. The van der Waals surface area contributed by atoms with E-state index in [1.54, 1.807) is 16.5 Å². The van der Waals surface area contributed by atoms with Gasteiger partial charge in [0.1, 0.15) is 5.69 Å². The Morgan fingerprint density at radius 2 is 2.00 bits per heavy atom. The number of hydrogen-bond acceptors (Lipinski definition) is 6. The minimum Gasteiger partial charge on any atom is -0.461 e. The second-order valence-corrected chi connectivity index (χ2v) is 6.31. The maximum Gasteiger partial charge on any atom is 0.359 e. The van der Waals surface area contributed by atoms with E-state index >= 15 is 0 Å². The highest BCUT2D eigenvalue weighted by molar-refractivity contribution is 5.93. The van der Waals surface area contributed by atoms with Crippen LogP contribution in [0, 0.1) is 0 Å². The Kier molecular flexibility index (Phi) is 4.84. The van der Waals surface area contributed by atoms with E-state index in [4.69, 9.17) is 4.74 Å². The fourth-order valence-corrected chi connectivity index (χ4v) is 3.31. The third kappa shape index (κ3) is 3.24. The number of esters is 1. The first-order chi connectivity index (χ1) is 13.7. The molecule has 3 aromatic rings. The molecular formula is C20H19N5O3. The van der Waals surface area contributed by atoms with E-state index in [-0.39, 0.29) is 30.4 Å². The number of amides is 1. The number of carbonyl (C=O) groups excluding carboxylic acids is 2. The van der Waals surface area contributed by atoms with Gasteiger partial charge in [-0.05, 0) is 19.1 Å². The van der Waals surface area contributed by atoms with Crippen molar-refractivity contribution in [1.82, 2.24) is 24.6 Å². The lowest BCUT2D eigenvalue weighted by Gasteiger charge is -2.27. The molecule has 1 aliphatic rings. The van der Waals surface area contributed by atoms with E-state index < -0.39 is 5.97 Å². The molecule has 1 aliphatic heterocycles. The number of aromatic nitrogens is 4. The van der Waals surface area contributed by atoms with Crippen molar-refractivity contribution in [2.24, 2.45) is 0 Å². The number of benzene rings is 1. The largest absolute Gasteiger partial charge is 0.461 e. The lowest BCUT2D eigenvalue weighted by atomic mass is 10.0. The van der Waals surface area contributed by atoms with Gasteiger partial charge >= 0.3 is 5.97 Å². The highest BCUT2D eigenvalue weighted by Crippen LogP contribution is 2.26. The highest BCUT2D eigenvalue weighted by atomic mass is 16.5. The van der Waals surface area contributed by atoms with E-state index in [0.29, 0.717) is 18.5 Å². The summed E-state index contributed by atoms with van der Waals surface area (Å²) in [4.78, 5) is 35.0. The Hall–Kier alpha value is -3.55. The summed E-state index contributed by atoms with van der Waals surface area (Å²) in [5, 5.41) is 4.52. The molecule has 1 aromatic carbocycles. The molecule has 0 saturated heterocycles. The SMILES string of the molecule is CCOC(=O)c1nn(-c2ccccc2)c2c1CN(C(=O)c1cnccn1)CC2. The number of ether oxygens (including phenoxy) is 1. The van der Waals surface area contributed by atoms with Crippen LogP contribution in [0.1, 0.15) is 39.2 Å². The van der Waals surface area contributed by atoms with E-state index in [2.05, 4.69) is 15.1 Å². The number of para-hydroxylation sites is 1. The van der Waals surface area contributed by atoms with Crippen molar-refractivity contribution in [1.29, 1.82) is 0 Å². The van der Waals surface area contributed by atoms with Crippen LogP contribution in [0.5, 0.6) is 0 Å². The van der Waals surface area contributed by atoms with Crippen LogP contribution in [-0.2, 0) is 17.7 Å². The predicted octanol–water partition coefficient (Wildman–Crippen LogP) is 2.04. The lowest BCUT2D eigenvalue weighted by Crippen LogP contribution is -2.37. The molecule has 4 rings (SSSR count). The summed E-state index contributed by atoms with van der Waals surface area (Å²) in [6.07, 6.45) is 5.02. The monoisotopic (exact) mass is 377 g/mol. The number of nitrogens with zero attached hydrogens (tertiary/aromatic N) is 5. The zero-order chi connectivity index (χ0) is 19.5. The van der Waals surface area contributed by atoms with Crippen molar-refractivity contribution < 1.29 is 14.3 Å². The average molecular weight is 377 g/mol. The molecule has 142 valence electrons. The van der Waals surface area contributed by atoms with Gasteiger partial charge in [0.25, 0.3) is 5.91 Å². The van der Waals surface area contributed by atoms with Gasteiger partial charge in [-0.2, -0.15) is 5.10 Å². The molecular weight excluding hydrogens is 358 g/mol. The van der Waals surface area contributed by atoms with Gasteiger partial charge in [-0.3, -0.25) is 9.78 Å². The van der Waals surface area contributed by atoms with Gasteiger partial charge in [-0.15, -0.1) is 0 Å². The van der Waals surface area contributed by atoms with Gasteiger partial charge in [-0.25, -0.2) is 14.5 Å². The van der Waals surface area contributed by atoms with E-state index in [1.807, 2.05) is 30.3 Å². The maximum absolute atomic E-state index is 12.8. The Morgan fingerprint density at radius 3 is 2.71 bits per heavy atom. The zero-order valence-electron chi connectivity index (χ0n) is 15.4. The van der Waals surface area contributed by atoms with E-state index in [9.17, 15) is 9.59 Å². The highest BCUT2D eigenvalue weighted by Gasteiger charge is 2.31. The normalized spacial score (nSPS) is 13.1. The van der Waals surface area contributed by atoms with Crippen LogP contribution in [0.2, 0.25) is 0 Å². The summed E-state index contributed by atoms with van der Waals surface area (Å²) >= 11 is 0. The van der Waals surface area contributed by atoms with Gasteiger partial charge in [0.05, 0.1) is 30.7 Å². The average Bonchev–Trinajstić information content (AvgIpc) is 3.13. The van der Waals surface area contributed by atoms with Crippen LogP contribution in [0.3, 0.4) is 0 Å². The summed E-state index contributed by atoms with van der Waals surface area (Å²) in [5.74, 6) is -0.705. The van der Waals surface area contributed by atoms with Crippen molar-refractivity contribution >= 4 is 11.9 Å². The smallest absolute Gasteiger partial charge is 0.359 e.